The maximum atomic E-state index is 11.7. The highest BCUT2D eigenvalue weighted by atomic mass is 16.6. The van der Waals surface area contributed by atoms with Crippen LogP contribution in [-0.2, 0) is 9.53 Å². The van der Waals surface area contributed by atoms with Crippen molar-refractivity contribution in [3.8, 4) is 0 Å². The van der Waals surface area contributed by atoms with Crippen LogP contribution in [-0.4, -0.2) is 12.1 Å². The normalized spacial score (nSPS) is 30.5. The quantitative estimate of drug-likeness (QED) is 0.411. The van der Waals surface area contributed by atoms with Gasteiger partial charge in [0.1, 0.15) is 11.9 Å². The number of ether oxygens (including phenoxy) is 1. The van der Waals surface area contributed by atoms with Crippen LogP contribution in [0.15, 0.2) is 40.5 Å². The summed E-state index contributed by atoms with van der Waals surface area (Å²) in [7, 11) is 0. The van der Waals surface area contributed by atoms with E-state index in [1.807, 2.05) is 18.2 Å². The van der Waals surface area contributed by atoms with Crippen LogP contribution in [0.3, 0.4) is 0 Å². The van der Waals surface area contributed by atoms with Crippen LogP contribution < -0.4 is 0 Å². The minimum atomic E-state index is -0.210. The smallest absolute Gasteiger partial charge is 0.335 e. The Labute approximate surface area is 93.4 Å². The first-order valence-corrected chi connectivity index (χ1v) is 5.47. The molecule has 0 radical (unpaired) electrons. The molecule has 2 heterocycles. The van der Waals surface area contributed by atoms with E-state index in [9.17, 15) is 4.79 Å². The molecular weight excluding hydrogens is 204 g/mol. The summed E-state index contributed by atoms with van der Waals surface area (Å²) in [4.78, 5) is 11.7. The zero-order valence-electron chi connectivity index (χ0n) is 8.76. The maximum absolute atomic E-state index is 11.7. The predicted octanol–water partition coefficient (Wildman–Crippen LogP) is 2.55. The van der Waals surface area contributed by atoms with E-state index in [0.29, 0.717) is 5.76 Å². The second-order valence-electron chi connectivity index (χ2n) is 4.10. The molecule has 1 saturated heterocycles. The standard InChI is InChI=1S/C13H12O3/c14-13-11(8-9-4-3-7-15-9)10-5-1-2-6-12(10)16-13/h2-4,6-8,10,12H,1,5H2/b11-8+/t10-,12-/m1/s1. The lowest BCUT2D eigenvalue weighted by molar-refractivity contribution is -0.137. The molecule has 3 rings (SSSR count). The highest BCUT2D eigenvalue weighted by Crippen LogP contribution is 2.36. The molecule has 2 atom stereocenters. The number of furan rings is 1. The molecule has 3 heteroatoms. The zero-order valence-corrected chi connectivity index (χ0v) is 8.76. The topological polar surface area (TPSA) is 39.4 Å². The fourth-order valence-corrected chi connectivity index (χ4v) is 2.29. The molecule has 16 heavy (non-hydrogen) atoms. The van der Waals surface area contributed by atoms with Crippen LogP contribution in [0.25, 0.3) is 6.08 Å². The third-order valence-electron chi connectivity index (χ3n) is 3.09. The Morgan fingerprint density at radius 1 is 1.44 bits per heavy atom. The summed E-state index contributed by atoms with van der Waals surface area (Å²) >= 11 is 0. The number of esters is 1. The molecule has 1 aliphatic heterocycles. The van der Waals surface area contributed by atoms with Crippen LogP contribution in [0.5, 0.6) is 0 Å². The van der Waals surface area contributed by atoms with Crippen molar-refractivity contribution in [2.45, 2.75) is 18.9 Å². The Bertz CT molecular complexity index is 454. The molecule has 0 amide bonds. The van der Waals surface area contributed by atoms with Crippen molar-refractivity contribution in [3.05, 3.63) is 41.9 Å². The SMILES string of the molecule is O=C1O[C@@H]2C=CCC[C@@H]2/C1=C\c1ccco1. The summed E-state index contributed by atoms with van der Waals surface area (Å²) in [5.41, 5.74) is 0.740. The van der Waals surface area contributed by atoms with Crippen LogP contribution in [0, 0.1) is 5.92 Å². The molecule has 0 aromatic carbocycles. The fourth-order valence-electron chi connectivity index (χ4n) is 2.29. The third-order valence-corrected chi connectivity index (χ3v) is 3.09. The Kier molecular flexibility index (Phi) is 2.17. The molecule has 1 aromatic rings. The number of hydrogen-bond donors (Lipinski definition) is 0. The van der Waals surface area contributed by atoms with E-state index in [-0.39, 0.29) is 18.0 Å². The van der Waals surface area contributed by atoms with Crippen LogP contribution in [0.1, 0.15) is 18.6 Å². The number of hydrogen-bond acceptors (Lipinski definition) is 3. The third kappa shape index (κ3) is 1.48. The van der Waals surface area contributed by atoms with Gasteiger partial charge in [0.25, 0.3) is 0 Å². The summed E-state index contributed by atoms with van der Waals surface area (Å²) in [5.74, 6) is 0.697. The molecule has 1 aromatic heterocycles. The van der Waals surface area contributed by atoms with E-state index in [2.05, 4.69) is 6.08 Å². The molecule has 2 aliphatic rings. The van der Waals surface area contributed by atoms with Gasteiger partial charge in [-0.25, -0.2) is 4.79 Å². The van der Waals surface area contributed by atoms with Gasteiger partial charge in [-0.1, -0.05) is 6.08 Å². The molecule has 0 unspecified atom stereocenters. The molecule has 1 aliphatic carbocycles. The van der Waals surface area contributed by atoms with Crippen molar-refractivity contribution in [1.82, 2.24) is 0 Å². The molecular formula is C13H12O3. The predicted molar refractivity (Wildman–Crippen MR) is 58.4 cm³/mol. The van der Waals surface area contributed by atoms with Crippen molar-refractivity contribution < 1.29 is 13.9 Å². The van der Waals surface area contributed by atoms with Gasteiger partial charge in [0.05, 0.1) is 6.26 Å². The summed E-state index contributed by atoms with van der Waals surface area (Å²) in [6.45, 7) is 0. The average molecular weight is 216 g/mol. The van der Waals surface area contributed by atoms with Gasteiger partial charge in [-0.05, 0) is 37.1 Å². The highest BCUT2D eigenvalue weighted by molar-refractivity contribution is 5.96. The van der Waals surface area contributed by atoms with Crippen molar-refractivity contribution in [1.29, 1.82) is 0 Å². The molecule has 1 fully saturated rings. The first kappa shape index (κ1) is 9.46. The molecule has 3 nitrogen and oxygen atoms in total. The molecule has 0 saturated carbocycles. The Balaban J connectivity index is 1.95. The van der Waals surface area contributed by atoms with E-state index >= 15 is 0 Å². The lowest BCUT2D eigenvalue weighted by Crippen LogP contribution is -2.16. The Morgan fingerprint density at radius 2 is 2.38 bits per heavy atom. The van der Waals surface area contributed by atoms with Crippen molar-refractivity contribution in [3.63, 3.8) is 0 Å². The lowest BCUT2D eigenvalue weighted by Gasteiger charge is -2.17. The maximum Gasteiger partial charge on any atom is 0.335 e. The Morgan fingerprint density at radius 3 is 3.19 bits per heavy atom. The number of carbonyl (C=O) groups excluding carboxylic acids is 1. The molecule has 0 N–H and O–H groups in total. The van der Waals surface area contributed by atoms with Gasteiger partial charge in [-0.15, -0.1) is 0 Å². The summed E-state index contributed by atoms with van der Waals surface area (Å²) in [5, 5.41) is 0. The first-order valence-electron chi connectivity index (χ1n) is 5.47. The second kappa shape index (κ2) is 3.67. The number of rotatable bonds is 1. The Hall–Kier alpha value is -1.77. The number of allylic oxidation sites excluding steroid dienone is 1. The molecule has 0 spiro atoms. The highest BCUT2D eigenvalue weighted by Gasteiger charge is 2.39. The van der Waals surface area contributed by atoms with E-state index < -0.39 is 0 Å². The van der Waals surface area contributed by atoms with Crippen molar-refractivity contribution >= 4 is 12.0 Å². The second-order valence-corrected chi connectivity index (χ2v) is 4.10. The van der Waals surface area contributed by atoms with Gasteiger partial charge in [-0.2, -0.15) is 0 Å². The van der Waals surface area contributed by atoms with E-state index in [1.54, 1.807) is 12.3 Å². The van der Waals surface area contributed by atoms with Gasteiger partial charge in [-0.3, -0.25) is 0 Å². The van der Waals surface area contributed by atoms with E-state index in [0.717, 1.165) is 18.4 Å². The van der Waals surface area contributed by atoms with Gasteiger partial charge in [0.2, 0.25) is 0 Å². The van der Waals surface area contributed by atoms with Gasteiger partial charge < -0.3 is 9.15 Å². The summed E-state index contributed by atoms with van der Waals surface area (Å²) < 4.78 is 10.5. The van der Waals surface area contributed by atoms with Crippen LogP contribution in [0.4, 0.5) is 0 Å². The van der Waals surface area contributed by atoms with Crippen LogP contribution in [0.2, 0.25) is 0 Å². The molecule has 0 bridgehead atoms. The fraction of sp³-hybridized carbons (Fsp3) is 0.308. The van der Waals surface area contributed by atoms with Gasteiger partial charge in [0.15, 0.2) is 0 Å². The first-order chi connectivity index (χ1) is 7.84. The summed E-state index contributed by atoms with van der Waals surface area (Å²) in [6, 6.07) is 3.65. The summed E-state index contributed by atoms with van der Waals surface area (Å²) in [6.07, 6.45) is 9.37. The van der Waals surface area contributed by atoms with Crippen LogP contribution >= 0.6 is 0 Å². The zero-order chi connectivity index (χ0) is 11.0. The average Bonchev–Trinajstić information content (AvgIpc) is 2.89. The van der Waals surface area contributed by atoms with Crippen molar-refractivity contribution in [2.75, 3.05) is 0 Å². The number of carbonyl (C=O) groups is 1. The monoisotopic (exact) mass is 216 g/mol. The van der Waals surface area contributed by atoms with E-state index in [1.165, 1.54) is 0 Å². The molecule has 82 valence electrons. The van der Waals surface area contributed by atoms with E-state index in [4.69, 9.17) is 9.15 Å². The number of fused-ring (bicyclic) bond motifs is 1. The minimum absolute atomic E-state index is 0.0672. The lowest BCUT2D eigenvalue weighted by atomic mass is 9.87. The van der Waals surface area contributed by atoms with Crippen molar-refractivity contribution in [2.24, 2.45) is 5.92 Å². The minimum Gasteiger partial charge on any atom is -0.465 e. The van der Waals surface area contributed by atoms with Gasteiger partial charge in [0, 0.05) is 11.5 Å². The largest absolute Gasteiger partial charge is 0.465 e. The van der Waals surface area contributed by atoms with Gasteiger partial charge >= 0.3 is 5.97 Å².